The van der Waals surface area contributed by atoms with Crippen molar-refractivity contribution in [1.29, 1.82) is 0 Å². The molecule has 18 heavy (non-hydrogen) atoms. The molecule has 1 aromatic carbocycles. The van der Waals surface area contributed by atoms with E-state index in [1.165, 1.54) is 5.56 Å². The van der Waals surface area contributed by atoms with Gasteiger partial charge in [-0.05, 0) is 31.7 Å². The molecule has 1 aromatic rings. The zero-order chi connectivity index (χ0) is 13.0. The highest BCUT2D eigenvalue weighted by Gasteiger charge is 2.30. The van der Waals surface area contributed by atoms with Gasteiger partial charge in [0.1, 0.15) is 6.10 Å². The van der Waals surface area contributed by atoms with E-state index in [1.54, 1.807) is 7.11 Å². The summed E-state index contributed by atoms with van der Waals surface area (Å²) in [7, 11) is 1.62. The van der Waals surface area contributed by atoms with E-state index in [4.69, 9.17) is 4.74 Å². The number of ether oxygens (including phenoxy) is 1. The molecule has 0 aromatic heterocycles. The number of benzene rings is 1. The molecule has 1 heterocycles. The van der Waals surface area contributed by atoms with Crippen LogP contribution in [0.3, 0.4) is 0 Å². The minimum Gasteiger partial charge on any atom is -0.372 e. The Hall–Kier alpha value is -1.35. The van der Waals surface area contributed by atoms with E-state index in [1.807, 2.05) is 23.1 Å². The first kappa shape index (κ1) is 13.1. The van der Waals surface area contributed by atoms with Crippen molar-refractivity contribution in [3.05, 3.63) is 35.9 Å². The van der Waals surface area contributed by atoms with Gasteiger partial charge in [-0.1, -0.05) is 30.3 Å². The summed E-state index contributed by atoms with van der Waals surface area (Å²) < 4.78 is 5.31. The molecule has 3 heteroatoms. The van der Waals surface area contributed by atoms with Crippen molar-refractivity contribution in [3.8, 4) is 0 Å². The molecule has 1 aliphatic heterocycles. The molecule has 1 saturated heterocycles. The van der Waals surface area contributed by atoms with Crippen LogP contribution in [0.2, 0.25) is 0 Å². The van der Waals surface area contributed by atoms with Gasteiger partial charge >= 0.3 is 0 Å². The molecule has 1 amide bonds. The van der Waals surface area contributed by atoms with Crippen LogP contribution in [0.25, 0.3) is 0 Å². The fourth-order valence-corrected chi connectivity index (χ4v) is 2.55. The third-order valence-corrected chi connectivity index (χ3v) is 3.71. The van der Waals surface area contributed by atoms with Crippen LogP contribution in [0, 0.1) is 0 Å². The molecule has 98 valence electrons. The normalized spacial score (nSPS) is 22.7. The van der Waals surface area contributed by atoms with Crippen LogP contribution in [0.4, 0.5) is 0 Å². The molecule has 1 fully saturated rings. The first-order valence-electron chi connectivity index (χ1n) is 6.62. The third-order valence-electron chi connectivity index (χ3n) is 3.71. The molecule has 0 aliphatic carbocycles. The van der Waals surface area contributed by atoms with Gasteiger partial charge in [0.25, 0.3) is 5.91 Å². The zero-order valence-electron chi connectivity index (χ0n) is 11.1. The van der Waals surface area contributed by atoms with Crippen LogP contribution < -0.4 is 0 Å². The molecule has 0 N–H and O–H groups in total. The Labute approximate surface area is 109 Å². The third kappa shape index (κ3) is 2.72. The molecule has 0 bridgehead atoms. The molecule has 1 aliphatic rings. The Morgan fingerprint density at radius 3 is 2.67 bits per heavy atom. The number of rotatable bonds is 3. The van der Waals surface area contributed by atoms with Gasteiger partial charge in [-0.25, -0.2) is 0 Å². The van der Waals surface area contributed by atoms with E-state index < -0.39 is 0 Å². The van der Waals surface area contributed by atoms with Gasteiger partial charge in [0, 0.05) is 13.7 Å². The summed E-state index contributed by atoms with van der Waals surface area (Å²) in [5.41, 5.74) is 1.18. The predicted octanol–water partition coefficient (Wildman–Crippen LogP) is 2.78. The minimum atomic E-state index is -0.265. The van der Waals surface area contributed by atoms with Gasteiger partial charge < -0.3 is 9.64 Å². The lowest BCUT2D eigenvalue weighted by atomic mass is 10.1. The Morgan fingerprint density at radius 2 is 2.00 bits per heavy atom. The monoisotopic (exact) mass is 247 g/mol. The first-order chi connectivity index (χ1) is 8.74. The number of methoxy groups -OCH3 is 1. The predicted molar refractivity (Wildman–Crippen MR) is 71.2 cm³/mol. The molecule has 2 rings (SSSR count). The summed E-state index contributed by atoms with van der Waals surface area (Å²) >= 11 is 0. The van der Waals surface area contributed by atoms with Gasteiger partial charge in [-0.2, -0.15) is 0 Å². The Balaban J connectivity index is 2.17. The molecular formula is C15H21NO2. The standard InChI is InChI=1S/C15H21NO2/c1-12(13-8-4-3-5-9-13)16-11-7-6-10-14(18-2)15(16)17/h3-5,8-9,12,14H,6-7,10-11H2,1-2H3/t12-,14+/m1/s1. The molecule has 2 atom stereocenters. The smallest absolute Gasteiger partial charge is 0.252 e. The fraction of sp³-hybridized carbons (Fsp3) is 0.533. The largest absolute Gasteiger partial charge is 0.372 e. The Bertz CT molecular complexity index is 391. The number of amides is 1. The molecule has 3 nitrogen and oxygen atoms in total. The van der Waals surface area contributed by atoms with Crippen LogP contribution in [0.1, 0.15) is 37.8 Å². The fourth-order valence-electron chi connectivity index (χ4n) is 2.55. The van der Waals surface area contributed by atoms with Gasteiger partial charge in [-0.3, -0.25) is 4.79 Å². The summed E-state index contributed by atoms with van der Waals surface area (Å²) in [5, 5.41) is 0. The highest BCUT2D eigenvalue weighted by atomic mass is 16.5. The SMILES string of the molecule is CO[C@H]1CCCCN([C@H](C)c2ccccc2)C1=O. The summed E-state index contributed by atoms with van der Waals surface area (Å²) in [5.74, 6) is 0.131. The lowest BCUT2D eigenvalue weighted by molar-refractivity contribution is -0.143. The van der Waals surface area contributed by atoms with E-state index in [2.05, 4.69) is 19.1 Å². The van der Waals surface area contributed by atoms with Crippen molar-refractivity contribution in [2.24, 2.45) is 0 Å². The number of carbonyl (C=O) groups excluding carboxylic acids is 1. The van der Waals surface area contributed by atoms with Crippen LogP contribution in [0.15, 0.2) is 30.3 Å². The van der Waals surface area contributed by atoms with Crippen LogP contribution in [-0.4, -0.2) is 30.6 Å². The lowest BCUT2D eigenvalue weighted by Gasteiger charge is -2.30. The number of likely N-dealkylation sites (tertiary alicyclic amines) is 1. The van der Waals surface area contributed by atoms with Crippen molar-refractivity contribution in [1.82, 2.24) is 4.90 Å². The second kappa shape index (κ2) is 6.01. The highest BCUT2D eigenvalue weighted by Crippen LogP contribution is 2.25. The number of hydrogen-bond donors (Lipinski definition) is 0. The average molecular weight is 247 g/mol. The second-order valence-corrected chi connectivity index (χ2v) is 4.84. The minimum absolute atomic E-state index is 0.120. The Morgan fingerprint density at radius 1 is 1.28 bits per heavy atom. The second-order valence-electron chi connectivity index (χ2n) is 4.84. The summed E-state index contributed by atoms with van der Waals surface area (Å²) in [6.07, 6.45) is 2.69. The number of nitrogens with zero attached hydrogens (tertiary/aromatic N) is 1. The summed E-state index contributed by atoms with van der Waals surface area (Å²) in [6.45, 7) is 2.92. The van der Waals surface area contributed by atoms with Gasteiger partial charge in [0.2, 0.25) is 0 Å². The Kier molecular flexibility index (Phi) is 4.37. The molecule has 0 unspecified atom stereocenters. The lowest BCUT2D eigenvalue weighted by Crippen LogP contribution is -2.40. The molecular weight excluding hydrogens is 226 g/mol. The van der Waals surface area contributed by atoms with Crippen molar-refractivity contribution in [3.63, 3.8) is 0 Å². The van der Waals surface area contributed by atoms with Crippen LogP contribution >= 0.6 is 0 Å². The average Bonchev–Trinajstić information content (AvgIpc) is 2.60. The maximum Gasteiger partial charge on any atom is 0.252 e. The van der Waals surface area contributed by atoms with E-state index in [9.17, 15) is 4.79 Å². The van der Waals surface area contributed by atoms with Crippen molar-refractivity contribution in [2.45, 2.75) is 38.3 Å². The first-order valence-corrected chi connectivity index (χ1v) is 6.62. The number of hydrogen-bond acceptors (Lipinski definition) is 2. The van der Waals surface area contributed by atoms with E-state index in [-0.39, 0.29) is 18.1 Å². The summed E-state index contributed by atoms with van der Waals surface area (Å²) in [6, 6.07) is 10.3. The van der Waals surface area contributed by atoms with Crippen LogP contribution in [0.5, 0.6) is 0 Å². The van der Waals surface area contributed by atoms with Gasteiger partial charge in [-0.15, -0.1) is 0 Å². The van der Waals surface area contributed by atoms with Gasteiger partial charge in [0.05, 0.1) is 6.04 Å². The quantitative estimate of drug-likeness (QED) is 0.822. The van der Waals surface area contributed by atoms with E-state index in [0.29, 0.717) is 0 Å². The number of carbonyl (C=O) groups is 1. The summed E-state index contributed by atoms with van der Waals surface area (Å²) in [4.78, 5) is 14.3. The molecule has 0 radical (unpaired) electrons. The van der Waals surface area contributed by atoms with Crippen molar-refractivity contribution >= 4 is 5.91 Å². The molecule has 0 spiro atoms. The van der Waals surface area contributed by atoms with E-state index in [0.717, 1.165) is 25.8 Å². The highest BCUT2D eigenvalue weighted by molar-refractivity contribution is 5.81. The molecule has 0 saturated carbocycles. The zero-order valence-corrected chi connectivity index (χ0v) is 11.1. The van der Waals surface area contributed by atoms with Crippen LogP contribution in [-0.2, 0) is 9.53 Å². The van der Waals surface area contributed by atoms with Crippen molar-refractivity contribution in [2.75, 3.05) is 13.7 Å². The van der Waals surface area contributed by atoms with Gasteiger partial charge in [0.15, 0.2) is 0 Å². The maximum atomic E-state index is 12.4. The van der Waals surface area contributed by atoms with Crippen molar-refractivity contribution < 1.29 is 9.53 Å². The maximum absolute atomic E-state index is 12.4. The van der Waals surface area contributed by atoms with E-state index >= 15 is 0 Å². The topological polar surface area (TPSA) is 29.5 Å².